The summed E-state index contributed by atoms with van der Waals surface area (Å²) in [5.41, 5.74) is 0. The van der Waals surface area contributed by atoms with Crippen LogP contribution in [0, 0.1) is 10.1 Å². The number of carbonyl (C=O) groups is 1. The molecule has 1 rings (SSSR count). The maximum absolute atomic E-state index is 11.2. The largest absolute Gasteiger partial charge is 0.453 e. The lowest BCUT2D eigenvalue weighted by Crippen LogP contribution is -2.45. The predicted octanol–water partition coefficient (Wildman–Crippen LogP) is -0.145. The fraction of sp³-hybridized carbons (Fsp3) is 0.875. The summed E-state index contributed by atoms with van der Waals surface area (Å²) in [5, 5.41) is 19.8. The molecule has 0 radical (unpaired) electrons. The molecule has 0 spiro atoms. The van der Waals surface area contributed by atoms with Gasteiger partial charge in [-0.25, -0.2) is 4.79 Å². The third kappa shape index (κ3) is 2.79. The van der Waals surface area contributed by atoms with Crippen LogP contribution in [0.4, 0.5) is 4.79 Å². The van der Waals surface area contributed by atoms with Crippen molar-refractivity contribution in [3.63, 3.8) is 0 Å². The highest BCUT2D eigenvalue weighted by atomic mass is 16.6. The number of rotatable bonds is 3. The molecule has 15 heavy (non-hydrogen) atoms. The summed E-state index contributed by atoms with van der Waals surface area (Å²) in [7, 11) is 1.25. The Morgan fingerprint density at radius 2 is 2.47 bits per heavy atom. The van der Waals surface area contributed by atoms with Crippen molar-refractivity contribution in [2.24, 2.45) is 0 Å². The first-order valence-corrected chi connectivity index (χ1v) is 4.70. The molecule has 0 aromatic carbocycles. The van der Waals surface area contributed by atoms with Crippen LogP contribution in [0.15, 0.2) is 0 Å². The number of carbonyl (C=O) groups excluding carboxylic acids is 1. The number of hydrogen-bond donors (Lipinski definition) is 1. The molecule has 1 heterocycles. The van der Waals surface area contributed by atoms with E-state index in [4.69, 9.17) is 0 Å². The maximum atomic E-state index is 11.2. The summed E-state index contributed by atoms with van der Waals surface area (Å²) in [6, 6.07) is -0.497. The highest BCUT2D eigenvalue weighted by Gasteiger charge is 2.36. The van der Waals surface area contributed by atoms with Crippen LogP contribution in [0.1, 0.15) is 12.8 Å². The zero-order valence-corrected chi connectivity index (χ0v) is 8.46. The zero-order valence-electron chi connectivity index (χ0n) is 8.46. The second kappa shape index (κ2) is 4.92. The van der Waals surface area contributed by atoms with Gasteiger partial charge in [-0.05, 0) is 12.8 Å². The summed E-state index contributed by atoms with van der Waals surface area (Å²) in [5.74, 6) is 0. The van der Waals surface area contributed by atoms with Crippen LogP contribution in [0.3, 0.4) is 0 Å². The first kappa shape index (κ1) is 11.7. The Hall–Kier alpha value is -1.37. The van der Waals surface area contributed by atoms with Crippen molar-refractivity contribution < 1.29 is 19.6 Å². The number of methoxy groups -OCH3 is 1. The minimum Gasteiger partial charge on any atom is -0.453 e. The Morgan fingerprint density at radius 3 is 3.00 bits per heavy atom. The molecule has 7 heteroatoms. The SMILES string of the molecule is COC(=O)N1CCC[C@H]1[C@H](O)C[N+](=O)[O-]. The Morgan fingerprint density at radius 1 is 1.80 bits per heavy atom. The summed E-state index contributed by atoms with van der Waals surface area (Å²) in [4.78, 5) is 22.2. The van der Waals surface area contributed by atoms with Crippen molar-refractivity contribution in [3.8, 4) is 0 Å². The number of ether oxygens (including phenoxy) is 1. The molecule has 7 nitrogen and oxygen atoms in total. The third-order valence-corrected chi connectivity index (χ3v) is 2.49. The molecular weight excluding hydrogens is 204 g/mol. The topological polar surface area (TPSA) is 92.9 Å². The highest BCUT2D eigenvalue weighted by molar-refractivity contribution is 5.68. The smallest absolute Gasteiger partial charge is 0.409 e. The molecule has 0 saturated carbocycles. The molecule has 1 amide bonds. The van der Waals surface area contributed by atoms with E-state index >= 15 is 0 Å². The summed E-state index contributed by atoms with van der Waals surface area (Å²) < 4.78 is 4.53. The number of aliphatic hydroxyl groups excluding tert-OH is 1. The van der Waals surface area contributed by atoms with E-state index in [0.717, 1.165) is 6.42 Å². The number of hydrogen-bond acceptors (Lipinski definition) is 5. The van der Waals surface area contributed by atoms with Crippen LogP contribution in [0.5, 0.6) is 0 Å². The standard InChI is InChI=1S/C8H14N2O5/c1-15-8(12)9-4-2-3-6(9)7(11)5-10(13)14/h6-7,11H,2-5H2,1H3/t6-,7+/m0/s1. The predicted molar refractivity (Wildman–Crippen MR) is 50.0 cm³/mol. The van der Waals surface area contributed by atoms with Gasteiger partial charge in [-0.1, -0.05) is 0 Å². The highest BCUT2D eigenvalue weighted by Crippen LogP contribution is 2.21. The molecule has 1 aliphatic rings. The minimum absolute atomic E-state index is 0.478. The molecule has 1 aliphatic heterocycles. The van der Waals surface area contributed by atoms with Gasteiger partial charge in [0.25, 0.3) is 0 Å². The van der Waals surface area contributed by atoms with Crippen molar-refractivity contribution in [1.82, 2.24) is 4.90 Å². The van der Waals surface area contributed by atoms with Crippen LogP contribution in [-0.4, -0.2) is 53.4 Å². The van der Waals surface area contributed by atoms with Gasteiger partial charge in [0.2, 0.25) is 6.54 Å². The molecule has 0 aromatic heterocycles. The monoisotopic (exact) mass is 218 g/mol. The number of nitro groups is 1. The van der Waals surface area contributed by atoms with Crippen LogP contribution in [0.25, 0.3) is 0 Å². The fourth-order valence-electron chi connectivity index (χ4n) is 1.81. The second-order valence-corrected chi connectivity index (χ2v) is 3.46. The van der Waals surface area contributed by atoms with Gasteiger partial charge in [-0.3, -0.25) is 10.1 Å². The minimum atomic E-state index is -1.12. The third-order valence-electron chi connectivity index (χ3n) is 2.49. The van der Waals surface area contributed by atoms with Gasteiger partial charge >= 0.3 is 6.09 Å². The van der Waals surface area contributed by atoms with Crippen LogP contribution < -0.4 is 0 Å². The van der Waals surface area contributed by atoms with Crippen molar-refractivity contribution in [3.05, 3.63) is 10.1 Å². The van der Waals surface area contributed by atoms with Crippen molar-refractivity contribution >= 4 is 6.09 Å². The average molecular weight is 218 g/mol. The van der Waals surface area contributed by atoms with Crippen molar-refractivity contribution in [2.45, 2.75) is 25.0 Å². The molecule has 0 aromatic rings. The van der Waals surface area contributed by atoms with E-state index in [1.807, 2.05) is 0 Å². The van der Waals surface area contributed by atoms with E-state index in [-0.39, 0.29) is 0 Å². The first-order chi connectivity index (χ1) is 7.06. The van der Waals surface area contributed by atoms with E-state index in [1.165, 1.54) is 12.0 Å². The summed E-state index contributed by atoms with van der Waals surface area (Å²) >= 11 is 0. The fourth-order valence-corrected chi connectivity index (χ4v) is 1.81. The van der Waals surface area contributed by atoms with E-state index in [2.05, 4.69) is 4.74 Å². The molecule has 1 N–H and O–H groups in total. The molecule has 1 saturated heterocycles. The molecule has 1 fully saturated rings. The second-order valence-electron chi connectivity index (χ2n) is 3.46. The molecule has 0 bridgehead atoms. The quantitative estimate of drug-likeness (QED) is 0.525. The molecular formula is C8H14N2O5. The lowest BCUT2D eigenvalue weighted by atomic mass is 10.1. The molecule has 2 atom stereocenters. The van der Waals surface area contributed by atoms with Gasteiger partial charge in [0, 0.05) is 11.5 Å². The average Bonchev–Trinajstić information content (AvgIpc) is 2.63. The van der Waals surface area contributed by atoms with E-state index in [9.17, 15) is 20.0 Å². The maximum Gasteiger partial charge on any atom is 0.409 e. The lowest BCUT2D eigenvalue weighted by Gasteiger charge is -2.25. The first-order valence-electron chi connectivity index (χ1n) is 4.70. The Kier molecular flexibility index (Phi) is 3.84. The van der Waals surface area contributed by atoms with Gasteiger partial charge in [0.15, 0.2) is 0 Å². The lowest BCUT2D eigenvalue weighted by molar-refractivity contribution is -0.491. The van der Waals surface area contributed by atoms with Crippen LogP contribution in [-0.2, 0) is 4.74 Å². The van der Waals surface area contributed by atoms with Gasteiger partial charge in [0.05, 0.1) is 13.2 Å². The molecule has 86 valence electrons. The summed E-state index contributed by atoms with van der Waals surface area (Å²) in [6.45, 7) is -0.0652. The van der Waals surface area contributed by atoms with Gasteiger partial charge in [-0.2, -0.15) is 0 Å². The van der Waals surface area contributed by atoms with Crippen molar-refractivity contribution in [1.29, 1.82) is 0 Å². The number of aliphatic hydroxyl groups is 1. The van der Waals surface area contributed by atoms with E-state index < -0.39 is 29.7 Å². The summed E-state index contributed by atoms with van der Waals surface area (Å²) in [6.07, 6.45) is -0.361. The molecule has 0 aliphatic carbocycles. The number of nitrogens with zero attached hydrogens (tertiary/aromatic N) is 2. The van der Waals surface area contributed by atoms with Crippen LogP contribution >= 0.6 is 0 Å². The Labute approximate surface area is 86.8 Å². The zero-order chi connectivity index (χ0) is 11.4. The van der Waals surface area contributed by atoms with Crippen molar-refractivity contribution in [2.75, 3.05) is 20.2 Å². The van der Waals surface area contributed by atoms with Crippen LogP contribution in [0.2, 0.25) is 0 Å². The number of likely N-dealkylation sites (tertiary alicyclic amines) is 1. The van der Waals surface area contributed by atoms with E-state index in [0.29, 0.717) is 13.0 Å². The Balaban J connectivity index is 2.59. The normalized spacial score (nSPS) is 22.5. The number of amides is 1. The Bertz CT molecular complexity index is 257. The van der Waals surface area contributed by atoms with E-state index in [1.54, 1.807) is 0 Å². The van der Waals surface area contributed by atoms with Gasteiger partial charge in [0.1, 0.15) is 6.10 Å². The van der Waals surface area contributed by atoms with Gasteiger partial charge < -0.3 is 14.7 Å². The molecule has 0 unspecified atom stereocenters. The van der Waals surface area contributed by atoms with Gasteiger partial charge in [-0.15, -0.1) is 0 Å².